The van der Waals surface area contributed by atoms with Crippen molar-refractivity contribution in [1.29, 1.82) is 0 Å². The molecule has 3 rings (SSSR count). The van der Waals surface area contributed by atoms with Crippen LogP contribution in [0.2, 0.25) is 5.02 Å². The minimum absolute atomic E-state index is 0.121. The van der Waals surface area contributed by atoms with E-state index in [1.165, 1.54) is 6.08 Å². The highest BCUT2D eigenvalue weighted by atomic mass is 35.5. The first-order chi connectivity index (χ1) is 13.2. The van der Waals surface area contributed by atoms with Gasteiger partial charge in [0.05, 0.1) is 16.3 Å². The summed E-state index contributed by atoms with van der Waals surface area (Å²) in [5.41, 5.74) is 1.14. The minimum Gasteiger partial charge on any atom is -0.454 e. The van der Waals surface area contributed by atoms with E-state index in [2.05, 4.69) is 10.6 Å². The van der Waals surface area contributed by atoms with Crippen molar-refractivity contribution in [2.75, 3.05) is 12.1 Å². The first kappa shape index (κ1) is 19.8. The van der Waals surface area contributed by atoms with Crippen LogP contribution in [0.1, 0.15) is 36.7 Å². The number of para-hydroxylation sites is 1. The number of nitrogens with one attached hydrogen (secondary N) is 2. The summed E-state index contributed by atoms with van der Waals surface area (Å²) in [6.45, 7) is 5.80. The first-order valence-electron chi connectivity index (χ1n) is 8.73. The van der Waals surface area contributed by atoms with Crippen LogP contribution < -0.4 is 20.1 Å². The number of rotatable bonds is 4. The number of benzene rings is 2. The van der Waals surface area contributed by atoms with E-state index in [0.717, 1.165) is 0 Å². The van der Waals surface area contributed by atoms with Gasteiger partial charge in [0.2, 0.25) is 12.7 Å². The summed E-state index contributed by atoms with van der Waals surface area (Å²) in [7, 11) is 0. The maximum Gasteiger partial charge on any atom is 0.253 e. The molecule has 0 unspecified atom stereocenters. The van der Waals surface area contributed by atoms with Gasteiger partial charge in [0.1, 0.15) is 0 Å². The van der Waals surface area contributed by atoms with Gasteiger partial charge in [0, 0.05) is 11.6 Å². The van der Waals surface area contributed by atoms with Crippen molar-refractivity contribution in [3.05, 3.63) is 58.6 Å². The molecule has 0 saturated carbocycles. The van der Waals surface area contributed by atoms with E-state index in [9.17, 15) is 9.59 Å². The van der Waals surface area contributed by atoms with Crippen LogP contribution in [0.15, 0.2) is 42.5 Å². The Morgan fingerprint density at radius 2 is 1.89 bits per heavy atom. The molecule has 0 saturated heterocycles. The van der Waals surface area contributed by atoms with Gasteiger partial charge >= 0.3 is 0 Å². The van der Waals surface area contributed by atoms with E-state index in [0.29, 0.717) is 33.3 Å². The van der Waals surface area contributed by atoms with Gasteiger partial charge in [-0.2, -0.15) is 0 Å². The zero-order chi connectivity index (χ0) is 20.3. The highest BCUT2D eigenvalue weighted by Gasteiger charge is 2.19. The van der Waals surface area contributed by atoms with E-state index < -0.39 is 0 Å². The smallest absolute Gasteiger partial charge is 0.253 e. The van der Waals surface area contributed by atoms with Crippen molar-refractivity contribution >= 4 is 35.2 Å². The number of ether oxygens (including phenoxy) is 2. The molecular formula is C21H21ClN2O4. The van der Waals surface area contributed by atoms with E-state index in [-0.39, 0.29) is 24.1 Å². The van der Waals surface area contributed by atoms with Crippen LogP contribution in [-0.2, 0) is 4.79 Å². The van der Waals surface area contributed by atoms with E-state index in [1.54, 1.807) is 42.5 Å². The van der Waals surface area contributed by atoms with Crippen molar-refractivity contribution in [2.24, 2.45) is 0 Å². The summed E-state index contributed by atoms with van der Waals surface area (Å²) < 4.78 is 10.6. The van der Waals surface area contributed by atoms with Crippen molar-refractivity contribution in [1.82, 2.24) is 5.32 Å². The Kier molecular flexibility index (Phi) is 5.61. The van der Waals surface area contributed by atoms with Gasteiger partial charge in [-0.3, -0.25) is 9.59 Å². The molecule has 0 atom stereocenters. The van der Waals surface area contributed by atoms with Crippen LogP contribution in [0, 0.1) is 0 Å². The monoisotopic (exact) mass is 400 g/mol. The normalized spacial score (nSPS) is 12.9. The lowest BCUT2D eigenvalue weighted by Crippen LogP contribution is -2.40. The van der Waals surface area contributed by atoms with Crippen LogP contribution in [0.25, 0.3) is 6.08 Å². The predicted octanol–water partition coefficient (Wildman–Crippen LogP) is 4.25. The number of carbonyl (C=O) groups is 2. The van der Waals surface area contributed by atoms with Crippen LogP contribution in [0.3, 0.4) is 0 Å². The summed E-state index contributed by atoms with van der Waals surface area (Å²) >= 11 is 6.14. The molecule has 0 spiro atoms. The third-order valence-corrected chi connectivity index (χ3v) is 4.08. The summed E-state index contributed by atoms with van der Waals surface area (Å²) in [4.78, 5) is 24.8. The third-order valence-electron chi connectivity index (χ3n) is 3.79. The summed E-state index contributed by atoms with van der Waals surface area (Å²) in [5.74, 6) is 0.415. The van der Waals surface area contributed by atoms with Crippen molar-refractivity contribution < 1.29 is 19.1 Å². The second kappa shape index (κ2) is 7.94. The third kappa shape index (κ3) is 4.84. The Hall–Kier alpha value is -2.99. The number of halogens is 1. The fourth-order valence-corrected chi connectivity index (χ4v) is 2.90. The molecule has 28 heavy (non-hydrogen) atoms. The van der Waals surface area contributed by atoms with Crippen molar-refractivity contribution in [3.8, 4) is 11.5 Å². The molecule has 0 bridgehead atoms. The lowest BCUT2D eigenvalue weighted by Gasteiger charge is -2.21. The maximum absolute atomic E-state index is 12.5. The van der Waals surface area contributed by atoms with Crippen LogP contribution >= 0.6 is 11.6 Å². The molecule has 6 nitrogen and oxygen atoms in total. The molecule has 1 aliphatic heterocycles. The first-order valence-corrected chi connectivity index (χ1v) is 9.10. The summed E-state index contributed by atoms with van der Waals surface area (Å²) in [6, 6.07) is 10.3. The lowest BCUT2D eigenvalue weighted by molar-refractivity contribution is -0.111. The number of hydrogen-bond donors (Lipinski definition) is 2. The van der Waals surface area contributed by atoms with Gasteiger partial charge in [0.25, 0.3) is 5.91 Å². The molecule has 2 aromatic carbocycles. The largest absolute Gasteiger partial charge is 0.454 e. The molecule has 1 heterocycles. The second-order valence-electron chi connectivity index (χ2n) is 7.31. The number of carbonyl (C=O) groups excluding carboxylic acids is 2. The molecule has 0 aliphatic carbocycles. The molecule has 2 amide bonds. The fraction of sp³-hybridized carbons (Fsp3) is 0.238. The van der Waals surface area contributed by atoms with Gasteiger partial charge < -0.3 is 20.1 Å². The molecule has 7 heteroatoms. The van der Waals surface area contributed by atoms with E-state index in [4.69, 9.17) is 21.1 Å². The molecule has 2 N–H and O–H groups in total. The molecule has 2 aromatic rings. The highest BCUT2D eigenvalue weighted by molar-refractivity contribution is 6.32. The van der Waals surface area contributed by atoms with Crippen molar-refractivity contribution in [3.63, 3.8) is 0 Å². The summed E-state index contributed by atoms with van der Waals surface area (Å²) in [5, 5.41) is 6.04. The number of anilines is 1. The van der Waals surface area contributed by atoms with Crippen LogP contribution in [-0.4, -0.2) is 24.1 Å². The Morgan fingerprint density at radius 3 is 2.64 bits per heavy atom. The zero-order valence-electron chi connectivity index (χ0n) is 15.8. The van der Waals surface area contributed by atoms with Crippen LogP contribution in [0.4, 0.5) is 5.69 Å². The molecular weight excluding hydrogens is 380 g/mol. The van der Waals surface area contributed by atoms with Gasteiger partial charge in [-0.05, 0) is 56.7 Å². The summed E-state index contributed by atoms with van der Waals surface area (Å²) in [6.07, 6.45) is 2.98. The fourth-order valence-electron chi connectivity index (χ4n) is 2.63. The van der Waals surface area contributed by atoms with Gasteiger partial charge in [-0.25, -0.2) is 0 Å². The quantitative estimate of drug-likeness (QED) is 0.752. The molecule has 0 fully saturated rings. The van der Waals surface area contributed by atoms with Crippen molar-refractivity contribution in [2.45, 2.75) is 26.3 Å². The molecule has 1 aliphatic rings. The Bertz CT molecular complexity index is 948. The highest BCUT2D eigenvalue weighted by Crippen LogP contribution is 2.40. The predicted molar refractivity (Wildman–Crippen MR) is 109 cm³/mol. The van der Waals surface area contributed by atoms with Gasteiger partial charge in [-0.1, -0.05) is 23.7 Å². The van der Waals surface area contributed by atoms with Crippen LogP contribution in [0.5, 0.6) is 11.5 Å². The Morgan fingerprint density at radius 1 is 1.14 bits per heavy atom. The second-order valence-corrected chi connectivity index (χ2v) is 7.72. The average molecular weight is 401 g/mol. The van der Waals surface area contributed by atoms with Gasteiger partial charge in [0.15, 0.2) is 11.5 Å². The zero-order valence-corrected chi connectivity index (χ0v) is 16.6. The molecule has 0 aromatic heterocycles. The van der Waals surface area contributed by atoms with E-state index >= 15 is 0 Å². The minimum atomic E-state index is -0.382. The Balaban J connectivity index is 1.73. The van der Waals surface area contributed by atoms with E-state index in [1.807, 2.05) is 20.8 Å². The topological polar surface area (TPSA) is 76.7 Å². The number of hydrogen-bond acceptors (Lipinski definition) is 4. The number of amides is 2. The molecule has 146 valence electrons. The lowest BCUT2D eigenvalue weighted by atomic mass is 10.1. The maximum atomic E-state index is 12.5. The van der Waals surface area contributed by atoms with Gasteiger partial charge in [-0.15, -0.1) is 0 Å². The number of fused-ring (bicyclic) bond motifs is 1. The standard InChI is InChI=1S/C21H21ClN2O4/c1-21(2,3)24-20(26)14-6-4-5-7-16(14)23-18(25)9-8-13-10-15(22)19-17(11-13)27-12-28-19/h4-11H,12H2,1-3H3,(H,23,25)(H,24,26)/b9-8+. The molecule has 0 radical (unpaired) electrons. The average Bonchev–Trinajstić information content (AvgIpc) is 3.08. The SMILES string of the molecule is CC(C)(C)NC(=O)c1ccccc1NC(=O)/C=C/c1cc(Cl)c2c(c1)OCO2. The Labute approximate surface area is 168 Å².